The van der Waals surface area contributed by atoms with Crippen LogP contribution in [0.15, 0.2) is 54.9 Å². The van der Waals surface area contributed by atoms with E-state index >= 15 is 0 Å². The lowest BCUT2D eigenvalue weighted by molar-refractivity contribution is 0.340. The minimum Gasteiger partial charge on any atom is -0.494 e. The van der Waals surface area contributed by atoms with Crippen molar-refractivity contribution in [1.29, 1.82) is 0 Å². The SMILES string of the molecule is CCOc1ccc(Nc2ncnc(N3CCc4ccccc4C3)c2N)cc1. The molecule has 0 fully saturated rings. The molecule has 0 aliphatic carbocycles. The van der Waals surface area contributed by atoms with E-state index in [0.717, 1.165) is 36.8 Å². The molecule has 0 unspecified atom stereocenters. The topological polar surface area (TPSA) is 76.3 Å². The summed E-state index contributed by atoms with van der Waals surface area (Å²) < 4.78 is 5.48. The van der Waals surface area contributed by atoms with E-state index in [1.54, 1.807) is 6.33 Å². The van der Waals surface area contributed by atoms with Crippen LogP contribution in [-0.4, -0.2) is 23.1 Å². The van der Waals surface area contributed by atoms with Crippen LogP contribution < -0.4 is 20.7 Å². The largest absolute Gasteiger partial charge is 0.494 e. The molecule has 6 heteroatoms. The zero-order chi connectivity index (χ0) is 18.6. The van der Waals surface area contributed by atoms with Crippen LogP contribution >= 0.6 is 0 Å². The highest BCUT2D eigenvalue weighted by Gasteiger charge is 2.20. The lowest BCUT2D eigenvalue weighted by Gasteiger charge is -2.30. The number of hydrogen-bond donors (Lipinski definition) is 2. The van der Waals surface area contributed by atoms with E-state index in [4.69, 9.17) is 10.5 Å². The number of aromatic nitrogens is 2. The number of hydrogen-bond acceptors (Lipinski definition) is 6. The van der Waals surface area contributed by atoms with E-state index < -0.39 is 0 Å². The minimum absolute atomic E-state index is 0.561. The summed E-state index contributed by atoms with van der Waals surface area (Å²) in [4.78, 5) is 11.0. The van der Waals surface area contributed by atoms with Crippen LogP contribution in [0.1, 0.15) is 18.1 Å². The summed E-state index contributed by atoms with van der Waals surface area (Å²) in [5.74, 6) is 2.22. The average Bonchev–Trinajstić information content (AvgIpc) is 2.71. The first kappa shape index (κ1) is 17.1. The highest BCUT2D eigenvalue weighted by atomic mass is 16.5. The molecule has 3 aromatic rings. The number of benzene rings is 2. The van der Waals surface area contributed by atoms with E-state index in [1.165, 1.54) is 11.1 Å². The fraction of sp³-hybridized carbons (Fsp3) is 0.238. The first-order chi connectivity index (χ1) is 13.2. The van der Waals surface area contributed by atoms with Gasteiger partial charge >= 0.3 is 0 Å². The van der Waals surface area contributed by atoms with Crippen molar-refractivity contribution in [3.8, 4) is 5.75 Å². The Morgan fingerprint density at radius 2 is 1.85 bits per heavy atom. The van der Waals surface area contributed by atoms with E-state index in [2.05, 4.69) is 44.5 Å². The maximum absolute atomic E-state index is 6.41. The molecule has 0 amide bonds. The summed E-state index contributed by atoms with van der Waals surface area (Å²) in [6.07, 6.45) is 2.55. The second kappa shape index (κ2) is 7.53. The quantitative estimate of drug-likeness (QED) is 0.720. The van der Waals surface area contributed by atoms with E-state index in [1.807, 2.05) is 31.2 Å². The summed E-state index contributed by atoms with van der Waals surface area (Å²) in [5, 5.41) is 3.28. The van der Waals surface area contributed by atoms with Gasteiger partial charge in [-0.15, -0.1) is 0 Å². The van der Waals surface area contributed by atoms with Crippen molar-refractivity contribution >= 4 is 23.0 Å². The number of ether oxygens (including phenoxy) is 1. The van der Waals surface area contributed by atoms with Crippen LogP contribution in [0.3, 0.4) is 0 Å². The number of nitrogen functional groups attached to an aromatic ring is 1. The third-order valence-electron chi connectivity index (χ3n) is 4.72. The van der Waals surface area contributed by atoms with Crippen molar-refractivity contribution in [3.63, 3.8) is 0 Å². The molecule has 0 atom stereocenters. The first-order valence-corrected chi connectivity index (χ1v) is 9.16. The Balaban J connectivity index is 1.55. The molecule has 0 saturated heterocycles. The molecule has 1 aromatic heterocycles. The van der Waals surface area contributed by atoms with Crippen LogP contribution in [0.4, 0.5) is 23.0 Å². The summed E-state index contributed by atoms with van der Waals surface area (Å²) in [7, 11) is 0. The first-order valence-electron chi connectivity index (χ1n) is 9.16. The number of nitrogens with two attached hydrogens (primary N) is 1. The third-order valence-corrected chi connectivity index (χ3v) is 4.72. The molecule has 0 radical (unpaired) electrons. The van der Waals surface area contributed by atoms with Crippen molar-refractivity contribution in [2.24, 2.45) is 0 Å². The van der Waals surface area contributed by atoms with Crippen LogP contribution in [0.2, 0.25) is 0 Å². The highest BCUT2D eigenvalue weighted by molar-refractivity contribution is 5.78. The fourth-order valence-electron chi connectivity index (χ4n) is 3.35. The van der Waals surface area contributed by atoms with Gasteiger partial charge in [0.2, 0.25) is 0 Å². The van der Waals surface area contributed by atoms with Crippen LogP contribution in [-0.2, 0) is 13.0 Å². The van der Waals surface area contributed by atoms with Crippen molar-refractivity contribution in [3.05, 3.63) is 66.0 Å². The molecule has 27 heavy (non-hydrogen) atoms. The van der Waals surface area contributed by atoms with E-state index in [9.17, 15) is 0 Å². The lowest BCUT2D eigenvalue weighted by atomic mass is 10.00. The zero-order valence-electron chi connectivity index (χ0n) is 15.4. The summed E-state index contributed by atoms with van der Waals surface area (Å²) in [6, 6.07) is 16.3. The number of rotatable bonds is 5. The minimum atomic E-state index is 0.561. The maximum atomic E-state index is 6.41. The van der Waals surface area contributed by atoms with Crippen LogP contribution in [0.25, 0.3) is 0 Å². The predicted molar refractivity (Wildman–Crippen MR) is 109 cm³/mol. The molecule has 0 spiro atoms. The lowest BCUT2D eigenvalue weighted by Crippen LogP contribution is -2.31. The monoisotopic (exact) mass is 361 g/mol. The van der Waals surface area contributed by atoms with E-state index in [0.29, 0.717) is 18.1 Å². The molecule has 3 N–H and O–H groups in total. The van der Waals surface area contributed by atoms with Gasteiger partial charge in [-0.2, -0.15) is 0 Å². The van der Waals surface area contributed by atoms with Crippen LogP contribution in [0.5, 0.6) is 5.75 Å². The smallest absolute Gasteiger partial charge is 0.159 e. The molecule has 1 aliphatic rings. The van der Waals surface area contributed by atoms with Crippen molar-refractivity contribution in [2.75, 3.05) is 29.1 Å². The Morgan fingerprint density at radius 1 is 1.07 bits per heavy atom. The summed E-state index contributed by atoms with van der Waals surface area (Å²) in [5.41, 5.74) is 10.6. The van der Waals surface area contributed by atoms with Gasteiger partial charge in [0, 0.05) is 18.8 Å². The molecule has 4 rings (SSSR count). The molecule has 2 heterocycles. The standard InChI is InChI=1S/C21H23N5O/c1-2-27-18-9-7-17(8-10-18)25-20-19(22)21(24-14-23-20)26-12-11-15-5-3-4-6-16(15)13-26/h3-10,14H,2,11-13,22H2,1H3,(H,23,24,25). The van der Waals surface area contributed by atoms with Gasteiger partial charge in [0.25, 0.3) is 0 Å². The van der Waals surface area contributed by atoms with Crippen molar-refractivity contribution in [1.82, 2.24) is 9.97 Å². The molecule has 0 saturated carbocycles. The second-order valence-corrected chi connectivity index (χ2v) is 6.48. The van der Waals surface area contributed by atoms with Gasteiger partial charge in [-0.25, -0.2) is 9.97 Å². The maximum Gasteiger partial charge on any atom is 0.159 e. The van der Waals surface area contributed by atoms with Crippen LogP contribution in [0, 0.1) is 0 Å². The summed E-state index contributed by atoms with van der Waals surface area (Å²) >= 11 is 0. The predicted octanol–water partition coefficient (Wildman–Crippen LogP) is 3.76. The van der Waals surface area contributed by atoms with Gasteiger partial charge in [0.1, 0.15) is 17.8 Å². The Morgan fingerprint density at radius 3 is 2.63 bits per heavy atom. The van der Waals surface area contributed by atoms with Gasteiger partial charge < -0.3 is 20.7 Å². The average molecular weight is 361 g/mol. The molecule has 1 aliphatic heterocycles. The Labute approximate surface area is 159 Å². The van der Waals surface area contributed by atoms with Gasteiger partial charge in [-0.1, -0.05) is 24.3 Å². The second-order valence-electron chi connectivity index (χ2n) is 6.48. The van der Waals surface area contributed by atoms with E-state index in [-0.39, 0.29) is 0 Å². The Kier molecular flexibility index (Phi) is 4.78. The fourth-order valence-corrected chi connectivity index (χ4v) is 3.35. The number of fused-ring (bicyclic) bond motifs is 1. The number of nitrogens with zero attached hydrogens (tertiary/aromatic N) is 3. The number of nitrogens with one attached hydrogen (secondary N) is 1. The summed E-state index contributed by atoms with van der Waals surface area (Å²) in [6.45, 7) is 4.31. The number of anilines is 4. The van der Waals surface area contributed by atoms with Gasteiger partial charge in [0.15, 0.2) is 11.6 Å². The van der Waals surface area contributed by atoms with Gasteiger partial charge in [0.05, 0.1) is 6.61 Å². The Bertz CT molecular complexity index is 926. The highest BCUT2D eigenvalue weighted by Crippen LogP contribution is 2.32. The molecule has 6 nitrogen and oxygen atoms in total. The molecule has 138 valence electrons. The van der Waals surface area contributed by atoms with Gasteiger partial charge in [-0.05, 0) is 48.7 Å². The third kappa shape index (κ3) is 3.65. The molecule has 2 aromatic carbocycles. The molecular weight excluding hydrogens is 338 g/mol. The Hall–Kier alpha value is -3.28. The molecular formula is C21H23N5O. The normalized spacial score (nSPS) is 13.1. The molecule has 0 bridgehead atoms. The van der Waals surface area contributed by atoms with Crippen molar-refractivity contribution in [2.45, 2.75) is 19.9 Å². The zero-order valence-corrected chi connectivity index (χ0v) is 15.4. The van der Waals surface area contributed by atoms with Gasteiger partial charge in [-0.3, -0.25) is 0 Å². The van der Waals surface area contributed by atoms with Crippen molar-refractivity contribution < 1.29 is 4.74 Å².